The van der Waals surface area contributed by atoms with Crippen LogP contribution in [-0.2, 0) is 4.79 Å². The van der Waals surface area contributed by atoms with Crippen molar-refractivity contribution in [1.29, 1.82) is 0 Å². The van der Waals surface area contributed by atoms with Crippen molar-refractivity contribution < 1.29 is 4.79 Å². The van der Waals surface area contributed by atoms with Gasteiger partial charge in [-0.1, -0.05) is 40.9 Å². The Labute approximate surface area is 90.0 Å². The van der Waals surface area contributed by atoms with E-state index in [-0.39, 0.29) is 0 Å². The molecule has 6 heteroatoms. The molecule has 1 aromatic rings. The van der Waals surface area contributed by atoms with E-state index < -0.39 is 9.70 Å². The van der Waals surface area contributed by atoms with Crippen molar-refractivity contribution in [3.63, 3.8) is 0 Å². The van der Waals surface area contributed by atoms with E-state index in [4.69, 9.17) is 34.8 Å². The second kappa shape index (κ2) is 4.13. The maximum absolute atomic E-state index is 11.1. The number of hydrogen-bond acceptors (Lipinski definition) is 2. The molecule has 0 spiro atoms. The van der Waals surface area contributed by atoms with Crippen LogP contribution in [0.1, 0.15) is 0 Å². The van der Waals surface area contributed by atoms with E-state index in [9.17, 15) is 4.79 Å². The molecule has 1 rings (SSSR count). The number of carbonyl (C=O) groups excluding carboxylic acids is 1. The zero-order valence-electron chi connectivity index (χ0n) is 6.30. The van der Waals surface area contributed by atoms with Crippen molar-refractivity contribution in [2.75, 3.05) is 5.32 Å². The number of amides is 1. The van der Waals surface area contributed by atoms with E-state index in [1.165, 1.54) is 6.20 Å². The van der Waals surface area contributed by atoms with Crippen LogP contribution in [-0.4, -0.2) is 14.7 Å². The van der Waals surface area contributed by atoms with Gasteiger partial charge in [0.2, 0.25) is 0 Å². The molecule has 0 atom stereocenters. The molecule has 0 bridgehead atoms. The fraction of sp³-hybridized carbons (Fsp3) is 0.143. The largest absolute Gasteiger partial charge is 0.307 e. The minimum absolute atomic E-state index is 0.346. The van der Waals surface area contributed by atoms with Crippen molar-refractivity contribution in [2.24, 2.45) is 0 Å². The van der Waals surface area contributed by atoms with E-state index in [1.54, 1.807) is 18.2 Å². The summed E-state index contributed by atoms with van der Waals surface area (Å²) < 4.78 is -1.96. The van der Waals surface area contributed by atoms with Gasteiger partial charge in [-0.25, -0.2) is 4.98 Å². The van der Waals surface area contributed by atoms with E-state index in [2.05, 4.69) is 10.3 Å². The molecule has 0 aliphatic rings. The summed E-state index contributed by atoms with van der Waals surface area (Å²) in [6.07, 6.45) is 1.52. The summed E-state index contributed by atoms with van der Waals surface area (Å²) in [5.74, 6) is -0.380. The molecule has 1 heterocycles. The van der Waals surface area contributed by atoms with Crippen molar-refractivity contribution in [2.45, 2.75) is 3.79 Å². The summed E-state index contributed by atoms with van der Waals surface area (Å²) in [5.41, 5.74) is 0. The van der Waals surface area contributed by atoms with Crippen molar-refractivity contribution in [3.8, 4) is 0 Å². The molecule has 0 unspecified atom stereocenters. The molecule has 1 aromatic heterocycles. The average molecular weight is 239 g/mol. The third-order valence-corrected chi connectivity index (χ3v) is 1.68. The molecule has 0 saturated carbocycles. The lowest BCUT2D eigenvalue weighted by Crippen LogP contribution is -2.27. The highest BCUT2D eigenvalue weighted by Gasteiger charge is 2.30. The SMILES string of the molecule is O=C(Nc1ccccn1)C(Cl)(Cl)Cl. The van der Waals surface area contributed by atoms with Gasteiger partial charge in [-0.2, -0.15) is 0 Å². The quantitative estimate of drug-likeness (QED) is 0.765. The van der Waals surface area contributed by atoms with Crippen LogP contribution in [0.5, 0.6) is 0 Å². The van der Waals surface area contributed by atoms with Gasteiger partial charge < -0.3 is 5.32 Å². The lowest BCUT2D eigenvalue weighted by molar-refractivity contribution is -0.115. The Morgan fingerprint density at radius 1 is 1.38 bits per heavy atom. The van der Waals surface area contributed by atoms with Gasteiger partial charge in [-0.3, -0.25) is 4.79 Å². The monoisotopic (exact) mass is 238 g/mol. The molecule has 0 aromatic carbocycles. The van der Waals surface area contributed by atoms with Crippen molar-refractivity contribution >= 4 is 46.5 Å². The standard InChI is InChI=1S/C7H5Cl3N2O/c8-7(9,10)6(13)12-5-3-1-2-4-11-5/h1-4H,(H,11,12,13). The lowest BCUT2D eigenvalue weighted by Gasteiger charge is -2.09. The van der Waals surface area contributed by atoms with E-state index >= 15 is 0 Å². The average Bonchev–Trinajstić information content (AvgIpc) is 2.04. The van der Waals surface area contributed by atoms with Gasteiger partial charge in [0.25, 0.3) is 9.70 Å². The van der Waals surface area contributed by atoms with Crippen LogP contribution in [0, 0.1) is 0 Å². The number of halogens is 3. The Balaban J connectivity index is 2.66. The molecule has 3 nitrogen and oxygen atoms in total. The maximum Gasteiger partial charge on any atom is 0.277 e. The van der Waals surface area contributed by atoms with Crippen LogP contribution in [0.4, 0.5) is 5.82 Å². The van der Waals surface area contributed by atoms with E-state index in [0.29, 0.717) is 5.82 Å². The molecular formula is C7H5Cl3N2O. The third-order valence-electron chi connectivity index (χ3n) is 1.16. The zero-order valence-corrected chi connectivity index (χ0v) is 8.57. The molecule has 0 radical (unpaired) electrons. The number of nitrogens with zero attached hydrogens (tertiary/aromatic N) is 1. The van der Waals surface area contributed by atoms with Crippen LogP contribution in [0.15, 0.2) is 24.4 Å². The first kappa shape index (κ1) is 10.6. The number of carbonyl (C=O) groups is 1. The molecule has 1 amide bonds. The van der Waals surface area contributed by atoms with Crippen LogP contribution in [0.2, 0.25) is 0 Å². The second-order valence-electron chi connectivity index (χ2n) is 2.17. The summed E-state index contributed by atoms with van der Waals surface area (Å²) in [6.45, 7) is 0. The summed E-state index contributed by atoms with van der Waals surface area (Å²) >= 11 is 16.0. The van der Waals surface area contributed by atoms with Crippen LogP contribution >= 0.6 is 34.8 Å². The van der Waals surface area contributed by atoms with Gasteiger partial charge in [-0.05, 0) is 12.1 Å². The molecule has 0 fully saturated rings. The number of pyridine rings is 1. The third kappa shape index (κ3) is 3.38. The zero-order chi connectivity index (χ0) is 9.90. The smallest absolute Gasteiger partial charge is 0.277 e. The number of aromatic nitrogens is 1. The number of rotatable bonds is 1. The molecule has 0 saturated heterocycles. The highest BCUT2D eigenvalue weighted by Crippen LogP contribution is 2.27. The fourth-order valence-electron chi connectivity index (χ4n) is 0.624. The Kier molecular flexibility index (Phi) is 3.36. The minimum atomic E-state index is -1.96. The number of nitrogens with one attached hydrogen (secondary N) is 1. The highest BCUT2D eigenvalue weighted by molar-refractivity contribution is 6.76. The molecular weight excluding hydrogens is 234 g/mol. The normalized spacial score (nSPS) is 11.0. The summed E-state index contributed by atoms with van der Waals surface area (Å²) in [5, 5.41) is 2.34. The lowest BCUT2D eigenvalue weighted by atomic mass is 10.4. The van der Waals surface area contributed by atoms with Gasteiger partial charge in [-0.15, -0.1) is 0 Å². The minimum Gasteiger partial charge on any atom is -0.307 e. The Hall–Kier alpha value is -0.510. The first-order valence-corrected chi connectivity index (χ1v) is 4.43. The van der Waals surface area contributed by atoms with Gasteiger partial charge >= 0.3 is 0 Å². The number of alkyl halides is 3. The fourth-order valence-corrected chi connectivity index (χ4v) is 0.766. The van der Waals surface area contributed by atoms with Crippen LogP contribution in [0.3, 0.4) is 0 Å². The van der Waals surface area contributed by atoms with Gasteiger partial charge in [0.1, 0.15) is 5.82 Å². The topological polar surface area (TPSA) is 42.0 Å². The molecule has 13 heavy (non-hydrogen) atoms. The summed E-state index contributed by atoms with van der Waals surface area (Å²) in [6, 6.07) is 5.01. The second-order valence-corrected chi connectivity index (χ2v) is 4.45. The molecule has 1 N–H and O–H groups in total. The predicted octanol–water partition coefficient (Wildman–Crippen LogP) is 2.39. The molecule has 0 aliphatic heterocycles. The maximum atomic E-state index is 11.1. The van der Waals surface area contributed by atoms with Gasteiger partial charge in [0, 0.05) is 6.20 Å². The summed E-state index contributed by atoms with van der Waals surface area (Å²) in [4.78, 5) is 14.9. The number of anilines is 1. The Morgan fingerprint density at radius 2 is 2.08 bits per heavy atom. The van der Waals surface area contributed by atoms with Gasteiger partial charge in [0.15, 0.2) is 0 Å². The van der Waals surface area contributed by atoms with E-state index in [0.717, 1.165) is 0 Å². The van der Waals surface area contributed by atoms with Gasteiger partial charge in [0.05, 0.1) is 0 Å². The predicted molar refractivity (Wildman–Crippen MR) is 53.2 cm³/mol. The first-order chi connectivity index (χ1) is 6.00. The van der Waals surface area contributed by atoms with Crippen LogP contribution < -0.4 is 5.32 Å². The van der Waals surface area contributed by atoms with E-state index in [1.807, 2.05) is 0 Å². The Bertz CT molecular complexity index is 296. The van der Waals surface area contributed by atoms with Crippen molar-refractivity contribution in [3.05, 3.63) is 24.4 Å². The highest BCUT2D eigenvalue weighted by atomic mass is 35.6. The first-order valence-electron chi connectivity index (χ1n) is 3.29. The number of hydrogen-bond donors (Lipinski definition) is 1. The van der Waals surface area contributed by atoms with Crippen LogP contribution in [0.25, 0.3) is 0 Å². The van der Waals surface area contributed by atoms with Crippen molar-refractivity contribution in [1.82, 2.24) is 4.98 Å². The molecule has 0 aliphatic carbocycles. The summed E-state index contributed by atoms with van der Waals surface area (Å²) in [7, 11) is 0. The Morgan fingerprint density at radius 3 is 2.54 bits per heavy atom. The molecule has 70 valence electrons.